The molecule has 2 N–H and O–H groups in total. The molecule has 2 aliphatic rings. The van der Waals surface area contributed by atoms with Crippen molar-refractivity contribution in [2.75, 3.05) is 37.7 Å². The van der Waals surface area contributed by atoms with E-state index in [-0.39, 0.29) is 24.6 Å². The van der Waals surface area contributed by atoms with Crippen molar-refractivity contribution in [3.8, 4) is 0 Å². The van der Waals surface area contributed by atoms with E-state index in [0.29, 0.717) is 6.54 Å². The van der Waals surface area contributed by atoms with E-state index in [4.69, 9.17) is 0 Å². The van der Waals surface area contributed by atoms with Gasteiger partial charge in [0.2, 0.25) is 0 Å². The van der Waals surface area contributed by atoms with Crippen LogP contribution >= 0.6 is 0 Å². The number of rotatable bonds is 3. The highest BCUT2D eigenvalue weighted by Gasteiger charge is 2.27. The quantitative estimate of drug-likeness (QED) is 0.894. The van der Waals surface area contributed by atoms with Crippen molar-refractivity contribution < 1.29 is 9.90 Å². The summed E-state index contributed by atoms with van der Waals surface area (Å²) in [6.45, 7) is 5.67. The summed E-state index contributed by atoms with van der Waals surface area (Å²) in [5.74, 6) is 0.236. The molecule has 3 rings (SSSR count). The highest BCUT2D eigenvalue weighted by Crippen LogP contribution is 2.21. The fourth-order valence-electron chi connectivity index (χ4n) is 3.75. The molecule has 0 aromatic heterocycles. The fraction of sp³-hybridized carbons (Fsp3) is 0.632. The van der Waals surface area contributed by atoms with Crippen LogP contribution in [0.3, 0.4) is 0 Å². The molecule has 2 aliphatic heterocycles. The third-order valence-electron chi connectivity index (χ3n) is 5.21. The summed E-state index contributed by atoms with van der Waals surface area (Å²) in [5, 5.41) is 12.5. The van der Waals surface area contributed by atoms with Crippen molar-refractivity contribution >= 4 is 11.7 Å². The number of aliphatic hydroxyl groups excluding tert-OH is 1. The number of aliphatic hydroxyl groups is 1. The molecule has 2 atom stereocenters. The highest BCUT2D eigenvalue weighted by molar-refractivity contribution is 5.74. The minimum absolute atomic E-state index is 0.0314. The Labute approximate surface area is 144 Å². The molecule has 1 aromatic rings. The molecular formula is C19H29N3O2. The average Bonchev–Trinajstić information content (AvgIpc) is 2.62. The first-order chi connectivity index (χ1) is 11.7. The van der Waals surface area contributed by atoms with E-state index < -0.39 is 0 Å². The molecule has 1 aromatic carbocycles. The summed E-state index contributed by atoms with van der Waals surface area (Å²) >= 11 is 0. The Morgan fingerprint density at radius 1 is 1.17 bits per heavy atom. The number of nitrogens with zero attached hydrogens (tertiary/aromatic N) is 2. The molecule has 0 spiro atoms. The maximum Gasteiger partial charge on any atom is 0.317 e. The van der Waals surface area contributed by atoms with Gasteiger partial charge in [0.1, 0.15) is 0 Å². The van der Waals surface area contributed by atoms with E-state index in [9.17, 15) is 9.90 Å². The lowest BCUT2D eigenvalue weighted by Gasteiger charge is -2.37. The average molecular weight is 331 g/mol. The molecule has 0 saturated carbocycles. The second-order valence-corrected chi connectivity index (χ2v) is 7.21. The number of aryl methyl sites for hydroxylation is 1. The summed E-state index contributed by atoms with van der Waals surface area (Å²) in [5.41, 5.74) is 2.50. The van der Waals surface area contributed by atoms with Crippen LogP contribution in [0.1, 0.15) is 31.2 Å². The molecule has 2 amide bonds. The van der Waals surface area contributed by atoms with Crippen LogP contribution in [0.2, 0.25) is 0 Å². The number of carbonyl (C=O) groups excluding carboxylic acids is 1. The molecule has 24 heavy (non-hydrogen) atoms. The molecule has 0 bridgehead atoms. The first-order valence-corrected chi connectivity index (χ1v) is 9.13. The molecule has 0 radical (unpaired) electrons. The van der Waals surface area contributed by atoms with E-state index in [1.807, 2.05) is 4.90 Å². The van der Waals surface area contributed by atoms with Gasteiger partial charge in [-0.1, -0.05) is 17.7 Å². The number of urea groups is 1. The predicted molar refractivity (Wildman–Crippen MR) is 96.3 cm³/mol. The van der Waals surface area contributed by atoms with Gasteiger partial charge < -0.3 is 20.2 Å². The van der Waals surface area contributed by atoms with Gasteiger partial charge in [0, 0.05) is 44.5 Å². The number of benzene rings is 1. The van der Waals surface area contributed by atoms with Gasteiger partial charge in [0.25, 0.3) is 0 Å². The van der Waals surface area contributed by atoms with Gasteiger partial charge in [0.15, 0.2) is 0 Å². The van der Waals surface area contributed by atoms with Gasteiger partial charge in [-0.3, -0.25) is 0 Å². The first kappa shape index (κ1) is 17.1. The third kappa shape index (κ3) is 4.20. The second-order valence-electron chi connectivity index (χ2n) is 7.21. The number of amides is 2. The number of likely N-dealkylation sites (tertiary alicyclic amines) is 1. The Morgan fingerprint density at radius 3 is 2.67 bits per heavy atom. The van der Waals surface area contributed by atoms with Crippen LogP contribution < -0.4 is 10.2 Å². The summed E-state index contributed by atoms with van der Waals surface area (Å²) in [7, 11) is 0. The van der Waals surface area contributed by atoms with Crippen LogP contribution in [0.4, 0.5) is 10.5 Å². The molecule has 2 heterocycles. The second kappa shape index (κ2) is 7.88. The lowest BCUT2D eigenvalue weighted by Crippen LogP contribution is -2.53. The number of hydrogen-bond acceptors (Lipinski definition) is 3. The van der Waals surface area contributed by atoms with E-state index in [1.54, 1.807) is 0 Å². The molecule has 2 saturated heterocycles. The molecule has 132 valence electrons. The first-order valence-electron chi connectivity index (χ1n) is 9.13. The number of hydrogen-bond donors (Lipinski definition) is 2. The van der Waals surface area contributed by atoms with Crippen LogP contribution in [0.15, 0.2) is 24.3 Å². The van der Waals surface area contributed by atoms with Crippen molar-refractivity contribution in [1.29, 1.82) is 0 Å². The van der Waals surface area contributed by atoms with Crippen LogP contribution in [-0.2, 0) is 0 Å². The van der Waals surface area contributed by atoms with Crippen molar-refractivity contribution in [1.82, 2.24) is 10.2 Å². The van der Waals surface area contributed by atoms with Gasteiger partial charge in [-0.15, -0.1) is 0 Å². The number of anilines is 1. The van der Waals surface area contributed by atoms with Crippen LogP contribution in [0, 0.1) is 12.8 Å². The van der Waals surface area contributed by atoms with Gasteiger partial charge in [0.05, 0.1) is 0 Å². The van der Waals surface area contributed by atoms with E-state index in [1.165, 1.54) is 11.3 Å². The topological polar surface area (TPSA) is 55.8 Å². The zero-order chi connectivity index (χ0) is 16.9. The highest BCUT2D eigenvalue weighted by atomic mass is 16.3. The Balaban J connectivity index is 1.55. The third-order valence-corrected chi connectivity index (χ3v) is 5.21. The Hall–Kier alpha value is -1.75. The fourth-order valence-corrected chi connectivity index (χ4v) is 3.75. The maximum absolute atomic E-state index is 12.5. The van der Waals surface area contributed by atoms with E-state index in [0.717, 1.165) is 45.3 Å². The lowest BCUT2D eigenvalue weighted by atomic mass is 9.99. The Bertz CT molecular complexity index is 546. The number of nitrogens with one attached hydrogen (secondary N) is 1. The monoisotopic (exact) mass is 331 g/mol. The van der Waals surface area contributed by atoms with Crippen molar-refractivity contribution in [2.24, 2.45) is 5.92 Å². The van der Waals surface area contributed by atoms with Crippen LogP contribution in [-0.4, -0.2) is 54.9 Å². The lowest BCUT2D eigenvalue weighted by molar-refractivity contribution is 0.127. The summed E-state index contributed by atoms with van der Waals surface area (Å²) in [4.78, 5) is 16.8. The van der Waals surface area contributed by atoms with Gasteiger partial charge in [-0.05, 0) is 50.7 Å². The van der Waals surface area contributed by atoms with Crippen LogP contribution in [0.25, 0.3) is 0 Å². The summed E-state index contributed by atoms with van der Waals surface area (Å²) in [6.07, 6.45) is 4.13. The molecule has 2 unspecified atom stereocenters. The van der Waals surface area contributed by atoms with Crippen molar-refractivity contribution in [2.45, 2.75) is 38.6 Å². The molecule has 2 fully saturated rings. The van der Waals surface area contributed by atoms with E-state index >= 15 is 0 Å². The minimum Gasteiger partial charge on any atom is -0.396 e. The minimum atomic E-state index is 0.0314. The molecule has 0 aliphatic carbocycles. The Morgan fingerprint density at radius 2 is 1.92 bits per heavy atom. The molecular weight excluding hydrogens is 302 g/mol. The normalized spacial score (nSPS) is 24.8. The standard InChI is InChI=1S/C19H29N3O2/c1-15-6-8-18(9-7-15)21-10-3-5-17(13-21)20-19(24)22-11-2-4-16(12-22)14-23/h6-9,16-17,23H,2-5,10-14H2,1H3,(H,20,24). The number of piperidine rings is 2. The van der Waals surface area contributed by atoms with E-state index in [2.05, 4.69) is 41.4 Å². The van der Waals surface area contributed by atoms with Crippen molar-refractivity contribution in [3.05, 3.63) is 29.8 Å². The zero-order valence-corrected chi connectivity index (χ0v) is 14.6. The maximum atomic E-state index is 12.5. The van der Waals surface area contributed by atoms with Crippen LogP contribution in [0.5, 0.6) is 0 Å². The SMILES string of the molecule is Cc1ccc(N2CCCC(NC(=O)N3CCCC(CO)C3)C2)cc1. The Kier molecular flexibility index (Phi) is 5.61. The smallest absolute Gasteiger partial charge is 0.317 e. The van der Waals surface area contributed by atoms with Crippen molar-refractivity contribution in [3.63, 3.8) is 0 Å². The molecule has 5 nitrogen and oxygen atoms in total. The zero-order valence-electron chi connectivity index (χ0n) is 14.6. The van der Waals surface area contributed by atoms with Gasteiger partial charge >= 0.3 is 6.03 Å². The van der Waals surface area contributed by atoms with Gasteiger partial charge in [-0.2, -0.15) is 0 Å². The summed E-state index contributed by atoms with van der Waals surface area (Å²) < 4.78 is 0. The molecule has 5 heteroatoms. The number of carbonyl (C=O) groups is 1. The largest absolute Gasteiger partial charge is 0.396 e. The predicted octanol–water partition coefficient (Wildman–Crippen LogP) is 2.38. The summed E-state index contributed by atoms with van der Waals surface area (Å²) in [6, 6.07) is 8.83. The van der Waals surface area contributed by atoms with Gasteiger partial charge in [-0.25, -0.2) is 4.79 Å².